The Bertz CT molecular complexity index is 532. The van der Waals surface area contributed by atoms with Gasteiger partial charge in [0.15, 0.2) is 5.11 Å². The number of aryl methyl sites for hydroxylation is 1. The van der Waals surface area contributed by atoms with Crippen molar-refractivity contribution in [3.05, 3.63) is 54.0 Å². The highest BCUT2D eigenvalue weighted by molar-refractivity contribution is 7.80. The third-order valence-corrected chi connectivity index (χ3v) is 2.40. The van der Waals surface area contributed by atoms with Crippen LogP contribution >= 0.6 is 12.2 Å². The molecule has 1 aromatic heterocycles. The first-order chi connectivity index (χ1) is 8.74. The summed E-state index contributed by atoms with van der Waals surface area (Å²) in [5.74, 6) is 0.667. The van der Waals surface area contributed by atoms with Crippen LogP contribution in [0.5, 0.6) is 0 Å². The average Bonchev–Trinajstić information content (AvgIpc) is 2.85. The Morgan fingerprint density at radius 2 is 2.06 bits per heavy atom. The summed E-state index contributed by atoms with van der Waals surface area (Å²) in [6.45, 7) is 2.04. The van der Waals surface area contributed by atoms with Crippen LogP contribution in [0.25, 0.3) is 0 Å². The Hall–Kier alpha value is -2.14. The van der Waals surface area contributed by atoms with Crippen molar-refractivity contribution >= 4 is 29.2 Å². The quantitative estimate of drug-likeness (QED) is 0.505. The predicted molar refractivity (Wildman–Crippen MR) is 76.8 cm³/mol. The first-order valence-corrected chi connectivity index (χ1v) is 5.85. The van der Waals surface area contributed by atoms with Gasteiger partial charge in [0.25, 0.3) is 0 Å². The number of hydrazone groups is 1. The third kappa shape index (κ3) is 3.71. The highest BCUT2D eigenvalue weighted by atomic mass is 32.1. The van der Waals surface area contributed by atoms with E-state index in [-0.39, 0.29) is 0 Å². The minimum absolute atomic E-state index is 0.432. The van der Waals surface area contributed by atoms with Crippen LogP contribution in [0.15, 0.2) is 52.2 Å². The van der Waals surface area contributed by atoms with E-state index in [1.807, 2.05) is 37.3 Å². The number of rotatable bonds is 3. The second-order valence-electron chi connectivity index (χ2n) is 3.71. The fourth-order valence-electron chi connectivity index (χ4n) is 1.32. The van der Waals surface area contributed by atoms with E-state index < -0.39 is 0 Å². The Kier molecular flexibility index (Phi) is 4.09. The number of anilines is 1. The monoisotopic (exact) mass is 259 g/mol. The molecule has 18 heavy (non-hydrogen) atoms. The van der Waals surface area contributed by atoms with Gasteiger partial charge in [-0.15, -0.1) is 0 Å². The molecular formula is C13H13N3OS. The molecule has 2 aromatic rings. The normalized spacial score (nSPS) is 10.5. The Balaban J connectivity index is 1.84. The molecule has 0 amide bonds. The largest absolute Gasteiger partial charge is 0.463 e. The van der Waals surface area contributed by atoms with E-state index in [9.17, 15) is 0 Å². The number of thiocarbonyl (C=S) groups is 1. The minimum atomic E-state index is 0.432. The van der Waals surface area contributed by atoms with Gasteiger partial charge in [0.1, 0.15) is 5.76 Å². The zero-order valence-electron chi connectivity index (χ0n) is 9.88. The van der Waals surface area contributed by atoms with E-state index >= 15 is 0 Å². The van der Waals surface area contributed by atoms with Gasteiger partial charge in [-0.1, -0.05) is 17.7 Å². The maximum absolute atomic E-state index is 5.10. The summed E-state index contributed by atoms with van der Waals surface area (Å²) < 4.78 is 5.09. The van der Waals surface area contributed by atoms with Crippen molar-refractivity contribution in [2.24, 2.45) is 5.10 Å². The molecule has 0 spiro atoms. The van der Waals surface area contributed by atoms with Gasteiger partial charge < -0.3 is 9.73 Å². The van der Waals surface area contributed by atoms with Crippen LogP contribution in [-0.2, 0) is 0 Å². The van der Waals surface area contributed by atoms with Gasteiger partial charge in [0.2, 0.25) is 0 Å². The van der Waals surface area contributed by atoms with Crippen LogP contribution in [0.2, 0.25) is 0 Å². The van der Waals surface area contributed by atoms with Gasteiger partial charge in [0, 0.05) is 5.69 Å². The molecule has 0 unspecified atom stereocenters. The van der Waals surface area contributed by atoms with Crippen LogP contribution in [0.4, 0.5) is 5.69 Å². The van der Waals surface area contributed by atoms with Gasteiger partial charge in [-0.25, -0.2) is 0 Å². The highest BCUT2D eigenvalue weighted by Crippen LogP contribution is 2.08. The SMILES string of the molecule is Cc1ccc(NC(=S)NN=Cc2ccco2)cc1. The molecule has 0 saturated heterocycles. The van der Waals surface area contributed by atoms with Crippen molar-refractivity contribution in [1.82, 2.24) is 5.43 Å². The average molecular weight is 259 g/mol. The molecule has 2 N–H and O–H groups in total. The molecule has 0 saturated carbocycles. The van der Waals surface area contributed by atoms with E-state index in [0.717, 1.165) is 5.69 Å². The molecule has 1 heterocycles. The summed E-state index contributed by atoms with van der Waals surface area (Å²) >= 11 is 5.10. The number of furan rings is 1. The number of hydrogen-bond donors (Lipinski definition) is 2. The molecular weight excluding hydrogens is 246 g/mol. The van der Waals surface area contributed by atoms with Crippen LogP contribution < -0.4 is 10.7 Å². The second kappa shape index (κ2) is 5.97. The van der Waals surface area contributed by atoms with Crippen LogP contribution in [0.3, 0.4) is 0 Å². The number of nitrogens with one attached hydrogen (secondary N) is 2. The first-order valence-electron chi connectivity index (χ1n) is 5.44. The van der Waals surface area contributed by atoms with E-state index in [0.29, 0.717) is 10.9 Å². The maximum Gasteiger partial charge on any atom is 0.191 e. The van der Waals surface area contributed by atoms with Crippen molar-refractivity contribution < 1.29 is 4.42 Å². The fourth-order valence-corrected chi connectivity index (χ4v) is 1.49. The summed E-state index contributed by atoms with van der Waals surface area (Å²) in [5, 5.41) is 7.41. The van der Waals surface area contributed by atoms with Crippen molar-refractivity contribution in [1.29, 1.82) is 0 Å². The molecule has 0 atom stereocenters. The Morgan fingerprint density at radius 1 is 1.28 bits per heavy atom. The van der Waals surface area contributed by atoms with Crippen molar-refractivity contribution in [2.75, 3.05) is 5.32 Å². The van der Waals surface area contributed by atoms with Gasteiger partial charge >= 0.3 is 0 Å². The van der Waals surface area contributed by atoms with Crippen molar-refractivity contribution in [3.8, 4) is 0 Å². The molecule has 0 radical (unpaired) electrons. The lowest BCUT2D eigenvalue weighted by Crippen LogP contribution is -2.23. The lowest BCUT2D eigenvalue weighted by molar-refractivity contribution is 0.560. The minimum Gasteiger partial charge on any atom is -0.463 e. The summed E-state index contributed by atoms with van der Waals surface area (Å²) in [4.78, 5) is 0. The predicted octanol–water partition coefficient (Wildman–Crippen LogP) is 2.91. The topological polar surface area (TPSA) is 49.6 Å². The van der Waals surface area contributed by atoms with Crippen molar-refractivity contribution in [3.63, 3.8) is 0 Å². The van der Waals surface area contributed by atoms with Gasteiger partial charge in [-0.05, 0) is 43.4 Å². The molecule has 0 bridgehead atoms. The maximum atomic E-state index is 5.10. The van der Waals surface area contributed by atoms with Gasteiger partial charge in [-0.2, -0.15) is 5.10 Å². The van der Waals surface area contributed by atoms with Crippen LogP contribution in [0, 0.1) is 6.92 Å². The van der Waals surface area contributed by atoms with Crippen LogP contribution in [0.1, 0.15) is 11.3 Å². The number of nitrogens with zero attached hydrogens (tertiary/aromatic N) is 1. The van der Waals surface area contributed by atoms with E-state index in [2.05, 4.69) is 15.8 Å². The first kappa shape index (κ1) is 12.3. The molecule has 1 aromatic carbocycles. The molecule has 2 rings (SSSR count). The summed E-state index contributed by atoms with van der Waals surface area (Å²) in [5.41, 5.74) is 4.84. The van der Waals surface area contributed by atoms with Gasteiger partial charge in [-0.3, -0.25) is 5.43 Å². The number of benzene rings is 1. The second-order valence-corrected chi connectivity index (χ2v) is 4.11. The van der Waals surface area contributed by atoms with E-state index in [1.165, 1.54) is 5.56 Å². The summed E-state index contributed by atoms with van der Waals surface area (Å²) in [7, 11) is 0. The van der Waals surface area contributed by atoms with E-state index in [4.69, 9.17) is 16.6 Å². The van der Waals surface area contributed by atoms with Crippen LogP contribution in [-0.4, -0.2) is 11.3 Å². The summed E-state index contributed by atoms with van der Waals surface area (Å²) in [6.07, 6.45) is 3.15. The summed E-state index contributed by atoms with van der Waals surface area (Å²) in [6, 6.07) is 11.5. The lowest BCUT2D eigenvalue weighted by Gasteiger charge is -2.06. The van der Waals surface area contributed by atoms with E-state index in [1.54, 1.807) is 18.5 Å². The van der Waals surface area contributed by atoms with Crippen molar-refractivity contribution in [2.45, 2.75) is 6.92 Å². The molecule has 0 aliphatic heterocycles. The fraction of sp³-hybridized carbons (Fsp3) is 0.0769. The zero-order chi connectivity index (χ0) is 12.8. The highest BCUT2D eigenvalue weighted by Gasteiger charge is 1.95. The molecule has 92 valence electrons. The van der Waals surface area contributed by atoms with Gasteiger partial charge in [0.05, 0.1) is 12.5 Å². The zero-order valence-corrected chi connectivity index (χ0v) is 10.7. The third-order valence-electron chi connectivity index (χ3n) is 2.21. The standard InChI is InChI=1S/C13H13N3OS/c1-10-4-6-11(7-5-10)15-13(18)16-14-9-12-3-2-8-17-12/h2-9H,1H3,(H2,15,16,18). The molecule has 5 heteroatoms. The molecule has 0 aliphatic carbocycles. The Labute approximate surface area is 111 Å². The molecule has 0 aliphatic rings. The number of hydrogen-bond acceptors (Lipinski definition) is 3. The Morgan fingerprint density at radius 3 is 2.72 bits per heavy atom. The smallest absolute Gasteiger partial charge is 0.191 e. The lowest BCUT2D eigenvalue weighted by atomic mass is 10.2. The molecule has 0 fully saturated rings. The molecule has 4 nitrogen and oxygen atoms in total.